The van der Waals surface area contributed by atoms with Crippen molar-refractivity contribution in [2.24, 2.45) is 17.1 Å². The first-order chi connectivity index (χ1) is 6.44. The van der Waals surface area contributed by atoms with Gasteiger partial charge in [-0.25, -0.2) is 0 Å². The van der Waals surface area contributed by atoms with E-state index in [1.165, 1.54) is 0 Å². The normalized spacial score (nSPS) is 29.1. The number of nitrogens with zero attached hydrogens (tertiary/aromatic N) is 2. The maximum atomic E-state index is 8.88. The van der Waals surface area contributed by atoms with E-state index >= 15 is 0 Å². The Morgan fingerprint density at radius 3 is 2.57 bits per heavy atom. The molecular formula is C11H21N3. The van der Waals surface area contributed by atoms with Gasteiger partial charge in [-0.2, -0.15) is 5.26 Å². The lowest BCUT2D eigenvalue weighted by molar-refractivity contribution is 0.280. The summed E-state index contributed by atoms with van der Waals surface area (Å²) >= 11 is 0. The van der Waals surface area contributed by atoms with Gasteiger partial charge < -0.3 is 10.6 Å². The highest BCUT2D eigenvalue weighted by Gasteiger charge is 2.27. The van der Waals surface area contributed by atoms with Crippen LogP contribution in [0.3, 0.4) is 0 Å². The average Bonchev–Trinajstić information content (AvgIpc) is 2.44. The quantitative estimate of drug-likeness (QED) is 0.736. The zero-order chi connectivity index (χ0) is 10.8. The van der Waals surface area contributed by atoms with Crippen LogP contribution in [0.25, 0.3) is 0 Å². The number of hydrogen-bond donors (Lipinski definition) is 1. The lowest BCUT2D eigenvalue weighted by atomic mass is 9.91. The summed E-state index contributed by atoms with van der Waals surface area (Å²) in [6.07, 6.45) is 0.933. The summed E-state index contributed by atoms with van der Waals surface area (Å²) in [7, 11) is 0. The number of rotatable bonds is 3. The maximum Gasteiger partial charge on any atom is 0.0684 e. The minimum Gasteiger partial charge on any atom is -0.326 e. The van der Waals surface area contributed by atoms with E-state index < -0.39 is 0 Å². The third-order valence-corrected chi connectivity index (χ3v) is 3.10. The van der Waals surface area contributed by atoms with Crippen molar-refractivity contribution in [1.29, 1.82) is 5.26 Å². The van der Waals surface area contributed by atoms with Crippen molar-refractivity contribution in [2.45, 2.75) is 33.2 Å². The Kier molecular flexibility index (Phi) is 3.52. The Hall–Kier alpha value is -0.590. The Balaban J connectivity index is 2.31. The Bertz CT molecular complexity index is 219. The summed E-state index contributed by atoms with van der Waals surface area (Å²) in [5.41, 5.74) is 5.74. The molecule has 1 heterocycles. The minimum atomic E-state index is -0.198. The van der Waals surface area contributed by atoms with E-state index in [2.05, 4.69) is 17.9 Å². The van der Waals surface area contributed by atoms with Gasteiger partial charge in [0, 0.05) is 19.1 Å². The van der Waals surface area contributed by atoms with Crippen LogP contribution in [0.4, 0.5) is 0 Å². The SMILES string of the molecule is CC1CN(CCC(C)(C)C#N)CC1N. The molecule has 0 radical (unpaired) electrons. The number of nitrogens with two attached hydrogens (primary N) is 1. The molecule has 2 atom stereocenters. The standard InChI is InChI=1S/C11H21N3/c1-9-6-14(7-10(9)13)5-4-11(2,3)8-12/h9-10H,4-7,13H2,1-3H3. The smallest absolute Gasteiger partial charge is 0.0684 e. The molecule has 1 aliphatic heterocycles. The van der Waals surface area contributed by atoms with Gasteiger partial charge in [0.05, 0.1) is 11.5 Å². The van der Waals surface area contributed by atoms with Crippen molar-refractivity contribution in [3.8, 4) is 6.07 Å². The largest absolute Gasteiger partial charge is 0.326 e. The molecule has 14 heavy (non-hydrogen) atoms. The maximum absolute atomic E-state index is 8.88. The molecule has 3 heteroatoms. The second kappa shape index (κ2) is 4.29. The molecule has 2 N–H and O–H groups in total. The third-order valence-electron chi connectivity index (χ3n) is 3.10. The van der Waals surface area contributed by atoms with Crippen molar-refractivity contribution in [3.05, 3.63) is 0 Å². The highest BCUT2D eigenvalue weighted by Crippen LogP contribution is 2.21. The molecule has 0 amide bonds. The molecule has 1 saturated heterocycles. The van der Waals surface area contributed by atoms with Crippen LogP contribution in [-0.2, 0) is 0 Å². The van der Waals surface area contributed by atoms with Gasteiger partial charge >= 0.3 is 0 Å². The number of likely N-dealkylation sites (tertiary alicyclic amines) is 1. The summed E-state index contributed by atoms with van der Waals surface area (Å²) in [6, 6.07) is 2.65. The van der Waals surface area contributed by atoms with Gasteiger partial charge in [-0.3, -0.25) is 0 Å². The van der Waals surface area contributed by atoms with Crippen LogP contribution >= 0.6 is 0 Å². The van der Waals surface area contributed by atoms with Gasteiger partial charge in [0.1, 0.15) is 0 Å². The first kappa shape index (κ1) is 11.5. The van der Waals surface area contributed by atoms with Crippen molar-refractivity contribution in [1.82, 2.24) is 4.90 Å². The molecule has 0 spiro atoms. The van der Waals surface area contributed by atoms with E-state index in [1.54, 1.807) is 0 Å². The van der Waals surface area contributed by atoms with E-state index in [1.807, 2.05) is 13.8 Å². The topological polar surface area (TPSA) is 53.0 Å². The molecule has 0 saturated carbocycles. The van der Waals surface area contributed by atoms with Gasteiger partial charge in [-0.1, -0.05) is 6.92 Å². The van der Waals surface area contributed by atoms with Crippen LogP contribution in [0.5, 0.6) is 0 Å². The molecule has 80 valence electrons. The van der Waals surface area contributed by atoms with Gasteiger partial charge in [0.25, 0.3) is 0 Å². The highest BCUT2D eigenvalue weighted by molar-refractivity contribution is 4.93. The van der Waals surface area contributed by atoms with Crippen molar-refractivity contribution >= 4 is 0 Å². The van der Waals surface area contributed by atoms with Crippen LogP contribution in [0.2, 0.25) is 0 Å². The van der Waals surface area contributed by atoms with Crippen LogP contribution in [0, 0.1) is 22.7 Å². The zero-order valence-corrected chi connectivity index (χ0v) is 9.45. The minimum absolute atomic E-state index is 0.198. The van der Waals surface area contributed by atoms with E-state index in [0.717, 1.165) is 26.1 Å². The number of nitriles is 1. The Morgan fingerprint density at radius 2 is 2.14 bits per heavy atom. The van der Waals surface area contributed by atoms with Crippen LogP contribution in [0.1, 0.15) is 27.2 Å². The molecule has 0 aromatic carbocycles. The fourth-order valence-electron chi connectivity index (χ4n) is 1.77. The Labute approximate surface area is 86.9 Å². The zero-order valence-electron chi connectivity index (χ0n) is 9.45. The molecule has 1 aliphatic rings. The second-order valence-electron chi connectivity index (χ2n) is 5.15. The van der Waals surface area contributed by atoms with E-state index in [0.29, 0.717) is 12.0 Å². The van der Waals surface area contributed by atoms with E-state index in [-0.39, 0.29) is 5.41 Å². The highest BCUT2D eigenvalue weighted by atomic mass is 15.2. The van der Waals surface area contributed by atoms with Crippen LogP contribution in [-0.4, -0.2) is 30.6 Å². The van der Waals surface area contributed by atoms with Gasteiger partial charge in [0.15, 0.2) is 0 Å². The fourth-order valence-corrected chi connectivity index (χ4v) is 1.77. The summed E-state index contributed by atoms with van der Waals surface area (Å²) in [5.74, 6) is 0.597. The molecule has 0 bridgehead atoms. The molecule has 1 rings (SSSR count). The first-order valence-corrected chi connectivity index (χ1v) is 5.34. The average molecular weight is 195 g/mol. The molecule has 1 fully saturated rings. The third kappa shape index (κ3) is 2.97. The lowest BCUT2D eigenvalue weighted by Crippen LogP contribution is -2.30. The molecule has 2 unspecified atom stereocenters. The molecular weight excluding hydrogens is 174 g/mol. The van der Waals surface area contributed by atoms with Crippen LogP contribution < -0.4 is 5.73 Å². The molecule has 0 aliphatic carbocycles. The number of hydrogen-bond acceptors (Lipinski definition) is 3. The van der Waals surface area contributed by atoms with Crippen LogP contribution in [0.15, 0.2) is 0 Å². The molecule has 0 aromatic rings. The summed E-state index contributed by atoms with van der Waals surface area (Å²) in [5, 5.41) is 8.88. The second-order valence-corrected chi connectivity index (χ2v) is 5.15. The van der Waals surface area contributed by atoms with Crippen molar-refractivity contribution < 1.29 is 0 Å². The van der Waals surface area contributed by atoms with E-state index in [4.69, 9.17) is 11.0 Å². The molecule has 0 aromatic heterocycles. The molecule has 3 nitrogen and oxygen atoms in total. The van der Waals surface area contributed by atoms with Crippen molar-refractivity contribution in [3.63, 3.8) is 0 Å². The summed E-state index contributed by atoms with van der Waals surface area (Å²) in [6.45, 7) is 9.25. The van der Waals surface area contributed by atoms with Gasteiger partial charge in [0.2, 0.25) is 0 Å². The lowest BCUT2D eigenvalue weighted by Gasteiger charge is -2.20. The van der Waals surface area contributed by atoms with E-state index in [9.17, 15) is 0 Å². The fraction of sp³-hybridized carbons (Fsp3) is 0.909. The van der Waals surface area contributed by atoms with Gasteiger partial charge in [-0.05, 0) is 32.7 Å². The first-order valence-electron chi connectivity index (χ1n) is 5.34. The Morgan fingerprint density at radius 1 is 1.50 bits per heavy atom. The predicted molar refractivity (Wildman–Crippen MR) is 57.6 cm³/mol. The summed E-state index contributed by atoms with van der Waals surface area (Å²) < 4.78 is 0. The van der Waals surface area contributed by atoms with Crippen molar-refractivity contribution in [2.75, 3.05) is 19.6 Å². The predicted octanol–water partition coefficient (Wildman–Crippen LogP) is 1.21. The summed E-state index contributed by atoms with van der Waals surface area (Å²) in [4.78, 5) is 2.37. The monoisotopic (exact) mass is 195 g/mol. The van der Waals surface area contributed by atoms with Gasteiger partial charge in [-0.15, -0.1) is 0 Å².